The summed E-state index contributed by atoms with van der Waals surface area (Å²) in [5, 5.41) is 17.4. The van der Waals surface area contributed by atoms with Crippen molar-refractivity contribution in [2.24, 2.45) is 4.99 Å². The van der Waals surface area contributed by atoms with Crippen LogP contribution in [0.2, 0.25) is 0 Å². The summed E-state index contributed by atoms with van der Waals surface area (Å²) in [4.78, 5) is 43.5. The number of ketones is 1. The summed E-state index contributed by atoms with van der Waals surface area (Å²) in [7, 11) is 0. The second kappa shape index (κ2) is 9.37. The predicted octanol–water partition coefficient (Wildman–Crippen LogP) is 4.84. The number of benzene rings is 2. The van der Waals surface area contributed by atoms with Gasteiger partial charge in [0.15, 0.2) is 0 Å². The highest BCUT2D eigenvalue weighted by molar-refractivity contribution is 6.13. The number of carbonyl (C=O) groups excluding carboxylic acids is 3. The van der Waals surface area contributed by atoms with Crippen LogP contribution in [0.3, 0.4) is 0 Å². The van der Waals surface area contributed by atoms with Gasteiger partial charge in [-0.3, -0.25) is 10.1 Å². The molecule has 1 aliphatic heterocycles. The largest absolute Gasteiger partial charge is 0.454 e. The van der Waals surface area contributed by atoms with E-state index in [1.54, 1.807) is 77.9 Å². The van der Waals surface area contributed by atoms with Crippen molar-refractivity contribution in [2.45, 2.75) is 83.8 Å². The summed E-state index contributed by atoms with van der Waals surface area (Å²) >= 11 is 0. The maximum atomic E-state index is 14.1. The van der Waals surface area contributed by atoms with Gasteiger partial charge in [-0.05, 0) is 59.1 Å². The van der Waals surface area contributed by atoms with Gasteiger partial charge in [0, 0.05) is 16.7 Å². The topological polar surface area (TPSA) is 136 Å². The van der Waals surface area contributed by atoms with Crippen LogP contribution in [-0.4, -0.2) is 40.2 Å². The standard InChI is InChI=1S/C29H35N3O7/c1-16(2)17-13-14-20-21(15-17)37-29(36)19-12-10-9-11-18(19)22(33)28(20,29)32-23(30-24(34)38-26(3,4)5)31-25(35)39-27(6,7)8/h9-16,36H,1-8H3,(H2,30,31,32,34,35). The molecule has 2 aromatic rings. The quantitative estimate of drug-likeness (QED) is 0.366. The Bertz CT molecular complexity index is 1370. The molecular weight excluding hydrogens is 502 g/mol. The molecule has 3 N–H and O–H groups in total. The summed E-state index contributed by atoms with van der Waals surface area (Å²) in [6, 6.07) is 11.8. The third kappa shape index (κ3) is 5.08. The molecule has 10 heteroatoms. The number of carbonyl (C=O) groups is 3. The van der Waals surface area contributed by atoms with Gasteiger partial charge in [-0.2, -0.15) is 0 Å². The molecule has 10 nitrogen and oxygen atoms in total. The lowest BCUT2D eigenvalue weighted by molar-refractivity contribution is -0.167. The minimum atomic E-state index is -2.22. The van der Waals surface area contributed by atoms with Crippen LogP contribution in [0.5, 0.6) is 5.75 Å². The van der Waals surface area contributed by atoms with E-state index in [1.807, 2.05) is 19.9 Å². The molecule has 2 aliphatic rings. The Morgan fingerprint density at radius 3 is 2.23 bits per heavy atom. The van der Waals surface area contributed by atoms with Gasteiger partial charge in [0.2, 0.25) is 17.3 Å². The molecule has 2 atom stereocenters. The maximum Gasteiger partial charge on any atom is 0.437 e. The molecule has 1 aliphatic carbocycles. The zero-order valence-electron chi connectivity index (χ0n) is 23.5. The van der Waals surface area contributed by atoms with Gasteiger partial charge in [0.05, 0.1) is 0 Å². The number of alkyl carbamates (subject to hydrolysis) is 1. The highest BCUT2D eigenvalue weighted by Crippen LogP contribution is 2.58. The van der Waals surface area contributed by atoms with E-state index >= 15 is 0 Å². The van der Waals surface area contributed by atoms with Gasteiger partial charge in [-0.25, -0.2) is 9.59 Å². The first-order chi connectivity index (χ1) is 18.0. The number of Topliss-reactive ketones (excluding diaryl/α,β-unsaturated/α-hetero) is 1. The lowest BCUT2D eigenvalue weighted by atomic mass is 9.82. The summed E-state index contributed by atoms with van der Waals surface area (Å²) in [6.07, 6.45) is -1.97. The number of ether oxygens (including phenoxy) is 3. The highest BCUT2D eigenvalue weighted by atomic mass is 16.6. The van der Waals surface area contributed by atoms with Crippen LogP contribution < -0.4 is 15.4 Å². The molecule has 0 saturated carbocycles. The summed E-state index contributed by atoms with van der Waals surface area (Å²) in [6.45, 7) is 14.0. The van der Waals surface area contributed by atoms with Crippen LogP contribution in [0, 0.1) is 0 Å². The summed E-state index contributed by atoms with van der Waals surface area (Å²) in [5.41, 5.74) is -2.03. The van der Waals surface area contributed by atoms with E-state index in [-0.39, 0.29) is 22.8 Å². The smallest absolute Gasteiger partial charge is 0.437 e. The highest BCUT2D eigenvalue weighted by Gasteiger charge is 2.71. The summed E-state index contributed by atoms with van der Waals surface area (Å²) < 4.78 is 16.8. The van der Waals surface area contributed by atoms with E-state index in [2.05, 4.69) is 15.6 Å². The normalized spacial score (nSPS) is 22.0. The average Bonchev–Trinajstić information content (AvgIpc) is 3.13. The number of nitrogens with zero attached hydrogens (tertiary/aromatic N) is 1. The first kappa shape index (κ1) is 28.1. The van der Waals surface area contributed by atoms with E-state index in [4.69, 9.17) is 14.2 Å². The van der Waals surface area contributed by atoms with Crippen LogP contribution in [0.15, 0.2) is 47.5 Å². The molecule has 0 radical (unpaired) electrons. The monoisotopic (exact) mass is 537 g/mol. The number of hydrogen-bond donors (Lipinski definition) is 3. The molecule has 208 valence electrons. The SMILES string of the molecule is CC(C)c1ccc2c(c1)OC1(O)c3ccccc3C(=O)C21NC(=NC(=O)OC(C)(C)C)NC(=O)OC(C)(C)C. The number of aliphatic hydroxyl groups is 1. The van der Waals surface area contributed by atoms with E-state index in [0.717, 1.165) is 5.56 Å². The molecule has 0 spiro atoms. The molecule has 0 aromatic heterocycles. The van der Waals surface area contributed by atoms with Gasteiger partial charge in [-0.1, -0.05) is 50.2 Å². The first-order valence-corrected chi connectivity index (χ1v) is 12.8. The molecular formula is C29H35N3O7. The van der Waals surface area contributed by atoms with Crippen LogP contribution in [-0.2, 0) is 20.8 Å². The Hall–Kier alpha value is -3.92. The zero-order chi connectivity index (χ0) is 29.0. The number of nitrogens with one attached hydrogen (secondary N) is 2. The van der Waals surface area contributed by atoms with Crippen molar-refractivity contribution >= 4 is 23.9 Å². The van der Waals surface area contributed by atoms with Gasteiger partial charge >= 0.3 is 12.2 Å². The number of amides is 2. The Kier molecular flexibility index (Phi) is 6.75. The van der Waals surface area contributed by atoms with Crippen LogP contribution in [0.1, 0.15) is 88.4 Å². The van der Waals surface area contributed by atoms with Gasteiger partial charge < -0.3 is 24.6 Å². The number of aliphatic imine (C=N–C) groups is 1. The van der Waals surface area contributed by atoms with Crippen molar-refractivity contribution in [3.63, 3.8) is 0 Å². The molecule has 2 amide bonds. The summed E-state index contributed by atoms with van der Waals surface area (Å²) in [5.74, 6) is -2.77. The number of hydrogen-bond acceptors (Lipinski definition) is 7. The second-order valence-electron chi connectivity index (χ2n) is 12.0. The molecule has 1 heterocycles. The maximum absolute atomic E-state index is 14.1. The van der Waals surface area contributed by atoms with Crippen molar-refractivity contribution in [2.75, 3.05) is 0 Å². The van der Waals surface area contributed by atoms with E-state index < -0.39 is 46.5 Å². The van der Waals surface area contributed by atoms with E-state index in [1.165, 1.54) is 0 Å². The first-order valence-electron chi connectivity index (χ1n) is 12.8. The van der Waals surface area contributed by atoms with Crippen LogP contribution in [0.25, 0.3) is 0 Å². The lowest BCUT2D eigenvalue weighted by Gasteiger charge is -2.35. The van der Waals surface area contributed by atoms with Crippen molar-refractivity contribution in [1.82, 2.24) is 10.6 Å². The molecule has 2 aromatic carbocycles. The third-order valence-electron chi connectivity index (χ3n) is 6.24. The fourth-order valence-corrected chi connectivity index (χ4v) is 4.67. The zero-order valence-corrected chi connectivity index (χ0v) is 23.5. The molecule has 4 rings (SSSR count). The van der Waals surface area contributed by atoms with E-state index in [9.17, 15) is 19.5 Å². The Morgan fingerprint density at radius 2 is 1.62 bits per heavy atom. The minimum absolute atomic E-state index is 0.152. The van der Waals surface area contributed by atoms with Crippen molar-refractivity contribution in [1.29, 1.82) is 0 Å². The second-order valence-corrected chi connectivity index (χ2v) is 12.0. The van der Waals surface area contributed by atoms with Crippen molar-refractivity contribution in [3.05, 3.63) is 64.7 Å². The molecule has 0 saturated heterocycles. The fourth-order valence-electron chi connectivity index (χ4n) is 4.67. The molecule has 39 heavy (non-hydrogen) atoms. The van der Waals surface area contributed by atoms with Gasteiger partial charge in [-0.15, -0.1) is 4.99 Å². The Labute approximate surface area is 227 Å². The number of rotatable bonds is 2. The van der Waals surface area contributed by atoms with E-state index in [0.29, 0.717) is 5.56 Å². The van der Waals surface area contributed by atoms with Crippen LogP contribution in [0.4, 0.5) is 9.59 Å². The lowest BCUT2D eigenvalue weighted by Crippen LogP contribution is -2.63. The predicted molar refractivity (Wildman–Crippen MR) is 144 cm³/mol. The van der Waals surface area contributed by atoms with Gasteiger partial charge in [0.1, 0.15) is 17.0 Å². The Balaban J connectivity index is 1.87. The number of fused-ring (bicyclic) bond motifs is 5. The molecule has 0 fully saturated rings. The molecule has 0 bridgehead atoms. The van der Waals surface area contributed by atoms with Crippen LogP contribution >= 0.6 is 0 Å². The minimum Gasteiger partial charge on any atom is -0.454 e. The Morgan fingerprint density at radius 1 is 0.974 bits per heavy atom. The fraction of sp³-hybridized carbons (Fsp3) is 0.448. The molecule has 2 unspecified atom stereocenters. The number of guanidine groups is 1. The average molecular weight is 538 g/mol. The van der Waals surface area contributed by atoms with Crippen molar-refractivity contribution < 1.29 is 33.7 Å². The van der Waals surface area contributed by atoms with Crippen molar-refractivity contribution in [3.8, 4) is 5.75 Å². The third-order valence-corrected chi connectivity index (χ3v) is 6.24. The van der Waals surface area contributed by atoms with Gasteiger partial charge in [0.25, 0.3) is 5.79 Å².